The Kier molecular flexibility index (Phi) is 5.86. The molecule has 0 saturated heterocycles. The van der Waals surface area contributed by atoms with Gasteiger partial charge in [-0.3, -0.25) is 4.98 Å². The third kappa shape index (κ3) is 4.28. The Balaban J connectivity index is 2.81. The van der Waals surface area contributed by atoms with Crippen molar-refractivity contribution in [3.8, 4) is 0 Å². The summed E-state index contributed by atoms with van der Waals surface area (Å²) >= 11 is 0. The van der Waals surface area contributed by atoms with E-state index in [2.05, 4.69) is 34.0 Å². The van der Waals surface area contributed by atoms with Crippen LogP contribution < -0.4 is 10.2 Å². The number of hydrogen-bond donors (Lipinski definition) is 1. The lowest BCUT2D eigenvalue weighted by Crippen LogP contribution is -2.34. The highest BCUT2D eigenvalue weighted by Gasteiger charge is 2.12. The Morgan fingerprint density at radius 1 is 1.41 bits per heavy atom. The molecule has 0 radical (unpaired) electrons. The normalized spacial score (nSPS) is 10.9. The van der Waals surface area contributed by atoms with E-state index in [4.69, 9.17) is 4.74 Å². The van der Waals surface area contributed by atoms with Crippen molar-refractivity contribution in [1.29, 1.82) is 0 Å². The smallest absolute Gasteiger partial charge is 0.147 e. The molecule has 1 aromatic rings. The molecule has 0 spiro atoms. The van der Waals surface area contributed by atoms with Crippen LogP contribution in [0.4, 0.5) is 5.82 Å². The molecule has 0 aromatic carbocycles. The number of nitrogens with zero attached hydrogens (tertiary/aromatic N) is 3. The molecule has 0 saturated carbocycles. The number of nitrogens with one attached hydrogen (secondary N) is 1. The Bertz CT molecular complexity index is 330. The largest absolute Gasteiger partial charge is 0.383 e. The summed E-state index contributed by atoms with van der Waals surface area (Å²) in [6.45, 7) is 6.53. The van der Waals surface area contributed by atoms with Crippen molar-refractivity contribution in [3.63, 3.8) is 0 Å². The molecule has 0 aliphatic carbocycles. The zero-order chi connectivity index (χ0) is 12.7. The predicted octanol–water partition coefficient (Wildman–Crippen LogP) is 1.06. The second kappa shape index (κ2) is 7.19. The van der Waals surface area contributed by atoms with Crippen LogP contribution in [0.15, 0.2) is 12.4 Å². The second-order valence-electron chi connectivity index (χ2n) is 4.18. The van der Waals surface area contributed by atoms with E-state index in [9.17, 15) is 0 Å². The van der Waals surface area contributed by atoms with Crippen LogP contribution in [-0.2, 0) is 11.3 Å². The van der Waals surface area contributed by atoms with Crippen molar-refractivity contribution in [1.82, 2.24) is 15.3 Å². The van der Waals surface area contributed by atoms with Gasteiger partial charge in [0.25, 0.3) is 0 Å². The van der Waals surface area contributed by atoms with Gasteiger partial charge in [0.2, 0.25) is 0 Å². The molecule has 1 aromatic heterocycles. The number of rotatable bonds is 7. The Labute approximate surface area is 103 Å². The molecule has 5 nitrogen and oxygen atoms in total. The van der Waals surface area contributed by atoms with E-state index >= 15 is 0 Å². The van der Waals surface area contributed by atoms with E-state index in [1.807, 2.05) is 7.05 Å². The third-order valence-electron chi connectivity index (χ3n) is 2.48. The number of aromatic nitrogens is 2. The lowest BCUT2D eigenvalue weighted by atomic mass is 10.3. The molecule has 0 fully saturated rings. The first kappa shape index (κ1) is 13.9. The summed E-state index contributed by atoms with van der Waals surface area (Å²) in [5.41, 5.74) is 0.952. The van der Waals surface area contributed by atoms with E-state index in [0.717, 1.165) is 24.6 Å². The fourth-order valence-electron chi connectivity index (χ4n) is 1.63. The van der Waals surface area contributed by atoms with Gasteiger partial charge in [0.05, 0.1) is 18.5 Å². The van der Waals surface area contributed by atoms with Gasteiger partial charge in [-0.1, -0.05) is 0 Å². The summed E-state index contributed by atoms with van der Waals surface area (Å²) in [4.78, 5) is 11.0. The molecule has 0 unspecified atom stereocenters. The quantitative estimate of drug-likeness (QED) is 0.769. The topological polar surface area (TPSA) is 50.3 Å². The fraction of sp³-hybridized carbons (Fsp3) is 0.667. The van der Waals surface area contributed by atoms with E-state index in [-0.39, 0.29) is 0 Å². The van der Waals surface area contributed by atoms with Crippen LogP contribution in [0.25, 0.3) is 0 Å². The van der Waals surface area contributed by atoms with Crippen molar-refractivity contribution in [2.45, 2.75) is 26.4 Å². The first-order valence-electron chi connectivity index (χ1n) is 5.90. The second-order valence-corrected chi connectivity index (χ2v) is 4.18. The molecule has 1 heterocycles. The van der Waals surface area contributed by atoms with Gasteiger partial charge in [0.1, 0.15) is 5.82 Å². The summed E-state index contributed by atoms with van der Waals surface area (Å²) in [6, 6.07) is 0.379. The molecule has 1 rings (SSSR count). The molecule has 96 valence electrons. The van der Waals surface area contributed by atoms with Gasteiger partial charge < -0.3 is 15.0 Å². The minimum Gasteiger partial charge on any atom is -0.383 e. The van der Waals surface area contributed by atoms with E-state index in [0.29, 0.717) is 12.6 Å². The van der Waals surface area contributed by atoms with Crippen molar-refractivity contribution in [2.75, 3.05) is 32.2 Å². The van der Waals surface area contributed by atoms with E-state index in [1.54, 1.807) is 19.5 Å². The summed E-state index contributed by atoms with van der Waals surface area (Å²) < 4.78 is 5.12. The number of methoxy groups -OCH3 is 1. The standard InChI is InChI=1S/C12H22N4O/c1-10(2)16(5-6-17-4)12-9-14-8-11(15-12)7-13-3/h8-10,13H,5-7H2,1-4H3. The average Bonchev–Trinajstić information content (AvgIpc) is 2.30. The molecule has 0 atom stereocenters. The van der Waals surface area contributed by atoms with Crippen molar-refractivity contribution in [3.05, 3.63) is 18.1 Å². The van der Waals surface area contributed by atoms with Crippen LogP contribution in [0.3, 0.4) is 0 Å². The molecule has 0 amide bonds. The van der Waals surface area contributed by atoms with Crippen molar-refractivity contribution < 1.29 is 4.74 Å². The number of anilines is 1. The lowest BCUT2D eigenvalue weighted by Gasteiger charge is -2.27. The minimum atomic E-state index is 0.379. The van der Waals surface area contributed by atoms with E-state index < -0.39 is 0 Å². The molecule has 1 N–H and O–H groups in total. The minimum absolute atomic E-state index is 0.379. The molecular formula is C12H22N4O. The number of hydrogen-bond acceptors (Lipinski definition) is 5. The van der Waals surface area contributed by atoms with Crippen LogP contribution in [0.2, 0.25) is 0 Å². The summed E-state index contributed by atoms with van der Waals surface area (Å²) in [5, 5.41) is 3.08. The molecule has 0 bridgehead atoms. The molecule has 0 aliphatic heterocycles. The predicted molar refractivity (Wildman–Crippen MR) is 69.2 cm³/mol. The first-order valence-corrected chi connectivity index (χ1v) is 5.90. The Morgan fingerprint density at radius 2 is 2.18 bits per heavy atom. The van der Waals surface area contributed by atoms with Crippen molar-refractivity contribution >= 4 is 5.82 Å². The highest BCUT2D eigenvalue weighted by molar-refractivity contribution is 5.37. The van der Waals surface area contributed by atoms with Crippen LogP contribution in [0, 0.1) is 0 Å². The Hall–Kier alpha value is -1.20. The third-order valence-corrected chi connectivity index (χ3v) is 2.48. The van der Waals surface area contributed by atoms with E-state index in [1.165, 1.54) is 0 Å². The van der Waals surface area contributed by atoms with Gasteiger partial charge in [-0.2, -0.15) is 0 Å². The maximum absolute atomic E-state index is 5.12. The van der Waals surface area contributed by atoms with Crippen LogP contribution in [0.5, 0.6) is 0 Å². The van der Waals surface area contributed by atoms with Gasteiger partial charge in [0.15, 0.2) is 0 Å². The van der Waals surface area contributed by atoms with Crippen molar-refractivity contribution in [2.24, 2.45) is 0 Å². The van der Waals surface area contributed by atoms with Crippen LogP contribution in [-0.4, -0.2) is 43.3 Å². The maximum Gasteiger partial charge on any atom is 0.147 e. The highest BCUT2D eigenvalue weighted by Crippen LogP contribution is 2.12. The molecule has 0 aliphatic rings. The summed E-state index contributed by atoms with van der Waals surface area (Å²) in [6.07, 6.45) is 3.59. The first-order chi connectivity index (χ1) is 8.19. The average molecular weight is 238 g/mol. The zero-order valence-electron chi connectivity index (χ0n) is 11.1. The fourth-order valence-corrected chi connectivity index (χ4v) is 1.63. The highest BCUT2D eigenvalue weighted by atomic mass is 16.5. The molecular weight excluding hydrogens is 216 g/mol. The van der Waals surface area contributed by atoms with Crippen LogP contribution >= 0.6 is 0 Å². The van der Waals surface area contributed by atoms with Gasteiger partial charge in [-0.15, -0.1) is 0 Å². The monoisotopic (exact) mass is 238 g/mol. The van der Waals surface area contributed by atoms with Gasteiger partial charge in [0, 0.05) is 32.4 Å². The lowest BCUT2D eigenvalue weighted by molar-refractivity contribution is 0.203. The SMILES string of the molecule is CNCc1cncc(N(CCOC)C(C)C)n1. The number of ether oxygens (including phenoxy) is 1. The van der Waals surface area contributed by atoms with Crippen LogP contribution in [0.1, 0.15) is 19.5 Å². The maximum atomic E-state index is 5.12. The Morgan fingerprint density at radius 3 is 2.76 bits per heavy atom. The zero-order valence-corrected chi connectivity index (χ0v) is 11.1. The van der Waals surface area contributed by atoms with Gasteiger partial charge in [-0.05, 0) is 20.9 Å². The van der Waals surface area contributed by atoms with Gasteiger partial charge in [-0.25, -0.2) is 4.98 Å². The summed E-state index contributed by atoms with van der Waals surface area (Å²) in [7, 11) is 3.61. The molecule has 5 heteroatoms. The molecule has 17 heavy (non-hydrogen) atoms. The summed E-state index contributed by atoms with van der Waals surface area (Å²) in [5.74, 6) is 0.907. The van der Waals surface area contributed by atoms with Gasteiger partial charge >= 0.3 is 0 Å².